The van der Waals surface area contributed by atoms with Crippen LogP contribution in [0.25, 0.3) is 11.0 Å². The molecule has 5 heteroatoms. The van der Waals surface area contributed by atoms with Gasteiger partial charge in [-0.25, -0.2) is 4.98 Å². The van der Waals surface area contributed by atoms with E-state index in [-0.39, 0.29) is 0 Å². The normalized spacial score (nSPS) is 10.7. The molecule has 2 N–H and O–H groups in total. The van der Waals surface area contributed by atoms with Crippen LogP contribution >= 0.6 is 0 Å². The van der Waals surface area contributed by atoms with E-state index in [0.29, 0.717) is 12.1 Å². The van der Waals surface area contributed by atoms with E-state index in [2.05, 4.69) is 9.97 Å². The smallest absolute Gasteiger partial charge is 0.248 e. The molecule has 0 radical (unpaired) electrons. The van der Waals surface area contributed by atoms with Crippen LogP contribution in [0.15, 0.2) is 49.1 Å². The average molecular weight is 252 g/mol. The van der Waals surface area contributed by atoms with Crippen molar-refractivity contribution in [2.75, 3.05) is 0 Å². The van der Waals surface area contributed by atoms with E-state index in [0.717, 1.165) is 16.6 Å². The van der Waals surface area contributed by atoms with Gasteiger partial charge in [-0.05, 0) is 23.8 Å². The van der Waals surface area contributed by atoms with E-state index in [4.69, 9.17) is 5.73 Å². The van der Waals surface area contributed by atoms with Crippen LogP contribution in [0.4, 0.5) is 0 Å². The number of fused-ring (bicyclic) bond motifs is 1. The van der Waals surface area contributed by atoms with Crippen molar-refractivity contribution in [1.29, 1.82) is 0 Å². The summed E-state index contributed by atoms with van der Waals surface area (Å²) in [5, 5.41) is 0. The van der Waals surface area contributed by atoms with E-state index in [1.807, 2.05) is 22.8 Å². The van der Waals surface area contributed by atoms with E-state index in [9.17, 15) is 4.79 Å². The number of imidazole rings is 1. The third kappa shape index (κ3) is 2.18. The second kappa shape index (κ2) is 4.53. The Morgan fingerprint density at radius 3 is 2.74 bits per heavy atom. The highest BCUT2D eigenvalue weighted by Crippen LogP contribution is 2.13. The van der Waals surface area contributed by atoms with Gasteiger partial charge in [0.25, 0.3) is 0 Å². The Hall–Kier alpha value is -2.69. The number of nitrogens with two attached hydrogens (primary N) is 1. The summed E-state index contributed by atoms with van der Waals surface area (Å²) in [4.78, 5) is 19.3. The highest BCUT2D eigenvalue weighted by molar-refractivity contribution is 5.92. The molecular formula is C14H12N4O. The number of benzene rings is 1. The van der Waals surface area contributed by atoms with Crippen LogP contribution in [0.5, 0.6) is 0 Å². The van der Waals surface area contributed by atoms with E-state index in [1.54, 1.807) is 30.9 Å². The highest BCUT2D eigenvalue weighted by Gasteiger charge is 2.04. The van der Waals surface area contributed by atoms with Crippen molar-refractivity contribution in [3.63, 3.8) is 0 Å². The third-order valence-corrected chi connectivity index (χ3v) is 3.01. The predicted octanol–water partition coefficient (Wildman–Crippen LogP) is 1.58. The molecule has 2 heterocycles. The topological polar surface area (TPSA) is 73.8 Å². The molecule has 0 aliphatic rings. The maximum Gasteiger partial charge on any atom is 0.248 e. The van der Waals surface area contributed by atoms with Gasteiger partial charge in [-0.1, -0.05) is 12.1 Å². The minimum Gasteiger partial charge on any atom is -0.366 e. The van der Waals surface area contributed by atoms with Crippen molar-refractivity contribution < 1.29 is 4.79 Å². The fourth-order valence-electron chi connectivity index (χ4n) is 2.01. The van der Waals surface area contributed by atoms with E-state index >= 15 is 0 Å². The number of hydrogen-bond donors (Lipinski definition) is 1. The number of rotatable bonds is 3. The molecule has 1 aromatic carbocycles. The molecule has 3 aromatic rings. The largest absolute Gasteiger partial charge is 0.366 e. The van der Waals surface area contributed by atoms with Crippen LogP contribution in [0.3, 0.4) is 0 Å². The van der Waals surface area contributed by atoms with Gasteiger partial charge in [0.1, 0.15) is 5.52 Å². The monoisotopic (exact) mass is 252 g/mol. The van der Waals surface area contributed by atoms with E-state index in [1.165, 1.54) is 0 Å². The first-order valence-corrected chi connectivity index (χ1v) is 5.87. The molecule has 5 nitrogen and oxygen atoms in total. The number of primary amides is 1. The van der Waals surface area contributed by atoms with Gasteiger partial charge in [0.15, 0.2) is 0 Å². The molecule has 19 heavy (non-hydrogen) atoms. The SMILES string of the molecule is NC(=O)c1ccc(Cn2cnc3cnccc32)cc1. The van der Waals surface area contributed by atoms with Crippen LogP contribution in [0.2, 0.25) is 0 Å². The Balaban J connectivity index is 1.90. The molecule has 0 aliphatic heterocycles. The maximum atomic E-state index is 11.0. The molecule has 0 spiro atoms. The lowest BCUT2D eigenvalue weighted by Gasteiger charge is -2.05. The maximum absolute atomic E-state index is 11.0. The second-order valence-corrected chi connectivity index (χ2v) is 4.30. The highest BCUT2D eigenvalue weighted by atomic mass is 16.1. The van der Waals surface area contributed by atoms with Crippen LogP contribution in [-0.2, 0) is 6.54 Å². The first kappa shape index (κ1) is 11.4. The standard InChI is InChI=1S/C14H12N4O/c15-14(19)11-3-1-10(2-4-11)8-18-9-17-12-7-16-6-5-13(12)18/h1-7,9H,8H2,(H2,15,19). The Bertz CT molecular complexity index is 731. The minimum absolute atomic E-state index is 0.411. The molecule has 0 fully saturated rings. The summed E-state index contributed by atoms with van der Waals surface area (Å²) in [5.41, 5.74) is 8.72. The zero-order valence-corrected chi connectivity index (χ0v) is 10.2. The Morgan fingerprint density at radius 2 is 2.00 bits per heavy atom. The lowest BCUT2D eigenvalue weighted by atomic mass is 10.1. The van der Waals surface area contributed by atoms with Crippen molar-refractivity contribution in [2.45, 2.75) is 6.54 Å². The summed E-state index contributed by atoms with van der Waals surface area (Å²) >= 11 is 0. The average Bonchev–Trinajstić information content (AvgIpc) is 2.83. The first-order valence-electron chi connectivity index (χ1n) is 5.87. The number of amides is 1. The second-order valence-electron chi connectivity index (χ2n) is 4.30. The van der Waals surface area contributed by atoms with Gasteiger partial charge in [0, 0.05) is 18.3 Å². The number of nitrogens with zero attached hydrogens (tertiary/aromatic N) is 3. The number of carbonyl (C=O) groups excluding carboxylic acids is 1. The molecule has 0 atom stereocenters. The Labute approximate surface area is 109 Å². The van der Waals surface area contributed by atoms with Gasteiger partial charge < -0.3 is 10.3 Å². The fourth-order valence-corrected chi connectivity index (χ4v) is 2.01. The van der Waals surface area contributed by atoms with Gasteiger partial charge in [-0.15, -0.1) is 0 Å². The van der Waals surface area contributed by atoms with Crippen LogP contribution in [0, 0.1) is 0 Å². The van der Waals surface area contributed by atoms with Crippen molar-refractivity contribution in [2.24, 2.45) is 5.73 Å². The zero-order valence-electron chi connectivity index (χ0n) is 10.2. The minimum atomic E-state index is -0.411. The summed E-state index contributed by atoms with van der Waals surface area (Å²) in [6.45, 7) is 0.694. The molecular weight excluding hydrogens is 240 g/mol. The number of hydrogen-bond acceptors (Lipinski definition) is 3. The molecule has 3 rings (SSSR count). The summed E-state index contributed by atoms with van der Waals surface area (Å²) in [7, 11) is 0. The quantitative estimate of drug-likeness (QED) is 0.769. The van der Waals surface area contributed by atoms with Crippen molar-refractivity contribution >= 4 is 16.9 Å². The molecule has 94 valence electrons. The predicted molar refractivity (Wildman–Crippen MR) is 71.6 cm³/mol. The molecule has 0 bridgehead atoms. The van der Waals surface area contributed by atoms with Gasteiger partial charge in [0.2, 0.25) is 5.91 Å². The molecule has 0 saturated carbocycles. The first-order chi connectivity index (χ1) is 9.24. The lowest BCUT2D eigenvalue weighted by molar-refractivity contribution is 0.100. The van der Waals surface area contributed by atoms with Crippen LogP contribution in [0.1, 0.15) is 15.9 Å². The molecule has 1 amide bonds. The van der Waals surface area contributed by atoms with Gasteiger partial charge >= 0.3 is 0 Å². The van der Waals surface area contributed by atoms with Crippen molar-refractivity contribution in [3.8, 4) is 0 Å². The molecule has 2 aromatic heterocycles. The van der Waals surface area contributed by atoms with Crippen LogP contribution < -0.4 is 5.73 Å². The van der Waals surface area contributed by atoms with Gasteiger partial charge in [-0.2, -0.15) is 0 Å². The van der Waals surface area contributed by atoms with Gasteiger partial charge in [-0.3, -0.25) is 9.78 Å². The number of pyridine rings is 1. The Kier molecular flexibility index (Phi) is 2.72. The lowest BCUT2D eigenvalue weighted by Crippen LogP contribution is -2.10. The molecule has 0 aliphatic carbocycles. The summed E-state index contributed by atoms with van der Waals surface area (Å²) in [6.07, 6.45) is 5.27. The summed E-state index contributed by atoms with van der Waals surface area (Å²) in [5.74, 6) is -0.411. The van der Waals surface area contributed by atoms with Crippen molar-refractivity contribution in [3.05, 3.63) is 60.2 Å². The number of aromatic nitrogens is 3. The summed E-state index contributed by atoms with van der Waals surface area (Å²) in [6, 6.07) is 9.19. The third-order valence-electron chi connectivity index (χ3n) is 3.01. The van der Waals surface area contributed by atoms with Gasteiger partial charge in [0.05, 0.1) is 18.0 Å². The van der Waals surface area contributed by atoms with E-state index < -0.39 is 5.91 Å². The zero-order chi connectivity index (χ0) is 13.2. The van der Waals surface area contributed by atoms with Crippen molar-refractivity contribution in [1.82, 2.24) is 14.5 Å². The number of carbonyl (C=O) groups is 1. The fraction of sp³-hybridized carbons (Fsp3) is 0.0714. The summed E-state index contributed by atoms with van der Waals surface area (Å²) < 4.78 is 2.04. The molecule has 0 saturated heterocycles. The van der Waals surface area contributed by atoms with Crippen LogP contribution in [-0.4, -0.2) is 20.4 Å². The molecule has 0 unspecified atom stereocenters. The Morgan fingerprint density at radius 1 is 1.21 bits per heavy atom.